The number of fused-ring (bicyclic) bond motifs is 1. The van der Waals surface area contributed by atoms with Gasteiger partial charge < -0.3 is 4.74 Å². The molecule has 0 saturated carbocycles. The largest absolute Gasteiger partial charge is 0.421 e. The quantitative estimate of drug-likeness (QED) is 0.331. The van der Waals surface area contributed by atoms with Gasteiger partial charge in [-0.25, -0.2) is 13.2 Å². The van der Waals surface area contributed by atoms with E-state index >= 15 is 0 Å². The first-order valence-electron chi connectivity index (χ1n) is 7.86. The fourth-order valence-electron chi connectivity index (χ4n) is 3.08. The van der Waals surface area contributed by atoms with Crippen molar-refractivity contribution in [3.63, 3.8) is 0 Å². The lowest BCUT2D eigenvalue weighted by atomic mass is 10.1. The van der Waals surface area contributed by atoms with Gasteiger partial charge in [0.25, 0.3) is 5.69 Å². The maximum Gasteiger partial charge on any atom is 0.343 e. The third kappa shape index (κ3) is 3.74. The molecular formula is C17H15ClN2O6S. The van der Waals surface area contributed by atoms with E-state index in [0.717, 1.165) is 17.9 Å². The fourth-order valence-corrected chi connectivity index (χ4v) is 4.56. The fraction of sp³-hybridized carbons (Fsp3) is 0.235. The maximum atomic E-state index is 12.4. The molecule has 0 N–H and O–H groups in total. The number of hydrogen-bond acceptors (Lipinski definition) is 6. The van der Waals surface area contributed by atoms with Crippen LogP contribution < -0.4 is 9.04 Å². The number of anilines is 1. The number of non-ortho nitro benzene ring substituents is 1. The second-order valence-electron chi connectivity index (χ2n) is 6.22. The van der Waals surface area contributed by atoms with Gasteiger partial charge in [0.2, 0.25) is 10.0 Å². The summed E-state index contributed by atoms with van der Waals surface area (Å²) in [6, 6.07) is 7.90. The molecule has 2 aromatic rings. The molecule has 8 nitrogen and oxygen atoms in total. The molecule has 0 aromatic heterocycles. The third-order valence-electron chi connectivity index (χ3n) is 4.15. The molecule has 0 aliphatic carbocycles. The Morgan fingerprint density at radius 3 is 2.59 bits per heavy atom. The molecule has 2 aromatic carbocycles. The molecule has 3 rings (SSSR count). The van der Waals surface area contributed by atoms with E-state index in [2.05, 4.69) is 0 Å². The summed E-state index contributed by atoms with van der Waals surface area (Å²) in [6.45, 7) is 1.79. The lowest BCUT2D eigenvalue weighted by Crippen LogP contribution is -2.34. The van der Waals surface area contributed by atoms with Crippen LogP contribution in [0.3, 0.4) is 0 Å². The summed E-state index contributed by atoms with van der Waals surface area (Å²) in [6.07, 6.45) is 1.61. The van der Waals surface area contributed by atoms with Crippen LogP contribution in [0.25, 0.3) is 0 Å². The van der Waals surface area contributed by atoms with Crippen LogP contribution in [-0.4, -0.2) is 31.6 Å². The lowest BCUT2D eigenvalue weighted by molar-refractivity contribution is -0.384. The van der Waals surface area contributed by atoms with Crippen LogP contribution in [-0.2, 0) is 16.4 Å². The number of nitrogens with zero attached hydrogens (tertiary/aromatic N) is 2. The average molecular weight is 411 g/mol. The Morgan fingerprint density at radius 2 is 2.00 bits per heavy atom. The summed E-state index contributed by atoms with van der Waals surface area (Å²) in [4.78, 5) is 22.5. The Morgan fingerprint density at radius 1 is 1.30 bits per heavy atom. The molecule has 1 heterocycles. The van der Waals surface area contributed by atoms with Crippen molar-refractivity contribution in [2.45, 2.75) is 19.4 Å². The van der Waals surface area contributed by atoms with E-state index in [-0.39, 0.29) is 28.1 Å². The molecule has 1 aliphatic rings. The number of rotatable bonds is 4. The van der Waals surface area contributed by atoms with E-state index in [0.29, 0.717) is 12.1 Å². The Labute approximate surface area is 160 Å². The smallest absolute Gasteiger partial charge is 0.343 e. The number of esters is 1. The molecule has 1 aliphatic heterocycles. The van der Waals surface area contributed by atoms with Gasteiger partial charge in [0.15, 0.2) is 0 Å². The van der Waals surface area contributed by atoms with E-state index in [1.54, 1.807) is 19.1 Å². The van der Waals surface area contributed by atoms with Gasteiger partial charge in [0.05, 0.1) is 27.5 Å². The van der Waals surface area contributed by atoms with Crippen molar-refractivity contribution in [1.29, 1.82) is 0 Å². The summed E-state index contributed by atoms with van der Waals surface area (Å²) in [5, 5.41) is 10.7. The van der Waals surface area contributed by atoms with Crippen LogP contribution in [0, 0.1) is 10.1 Å². The second-order valence-corrected chi connectivity index (χ2v) is 8.48. The summed E-state index contributed by atoms with van der Waals surface area (Å²) in [5.74, 6) is -0.696. The number of hydrogen-bond donors (Lipinski definition) is 0. The van der Waals surface area contributed by atoms with E-state index in [4.69, 9.17) is 16.3 Å². The predicted octanol–water partition coefficient (Wildman–Crippen LogP) is 3.18. The number of carbonyl (C=O) groups excluding carboxylic acids is 1. The Hall–Kier alpha value is -2.65. The molecule has 0 bridgehead atoms. The SMILES string of the molecule is CC1Cc2cc(C(=O)Oc3ccc([N+](=O)[O-])cc3Cl)ccc2N1S(C)(=O)=O. The molecular weight excluding hydrogens is 396 g/mol. The normalized spacial score (nSPS) is 16.1. The highest BCUT2D eigenvalue weighted by atomic mass is 35.5. The first kappa shape index (κ1) is 19.1. The number of sulfonamides is 1. The van der Waals surface area contributed by atoms with Gasteiger partial charge >= 0.3 is 5.97 Å². The van der Waals surface area contributed by atoms with Crippen molar-refractivity contribution in [2.75, 3.05) is 10.6 Å². The number of nitro groups is 1. The van der Waals surface area contributed by atoms with Crippen LogP contribution in [0.4, 0.5) is 11.4 Å². The number of halogens is 1. The van der Waals surface area contributed by atoms with Gasteiger partial charge in [-0.2, -0.15) is 0 Å². The van der Waals surface area contributed by atoms with Gasteiger partial charge in [-0.15, -0.1) is 0 Å². The number of nitro benzene ring substituents is 1. The van der Waals surface area contributed by atoms with Gasteiger partial charge in [0.1, 0.15) is 5.75 Å². The van der Waals surface area contributed by atoms with E-state index < -0.39 is 20.9 Å². The van der Waals surface area contributed by atoms with Gasteiger partial charge in [-0.05, 0) is 43.2 Å². The van der Waals surface area contributed by atoms with E-state index in [1.165, 1.54) is 22.5 Å². The number of benzene rings is 2. The van der Waals surface area contributed by atoms with E-state index in [1.807, 2.05) is 0 Å². The standard InChI is InChI=1S/C17H15ClN2O6S/c1-10-7-12-8-11(3-5-15(12)19(10)27(2,24)25)17(21)26-16-6-4-13(20(22)23)9-14(16)18/h3-6,8-10H,7H2,1-2H3. The minimum Gasteiger partial charge on any atom is -0.421 e. The third-order valence-corrected chi connectivity index (χ3v) is 5.72. The van der Waals surface area contributed by atoms with E-state index in [9.17, 15) is 23.3 Å². The highest BCUT2D eigenvalue weighted by Crippen LogP contribution is 2.35. The number of ether oxygens (including phenoxy) is 1. The predicted molar refractivity (Wildman–Crippen MR) is 100.0 cm³/mol. The molecule has 0 radical (unpaired) electrons. The summed E-state index contributed by atoms with van der Waals surface area (Å²) >= 11 is 5.93. The molecule has 0 amide bonds. The summed E-state index contributed by atoms with van der Waals surface area (Å²) in [5.41, 5.74) is 1.27. The minimum atomic E-state index is -3.42. The lowest BCUT2D eigenvalue weighted by Gasteiger charge is -2.21. The minimum absolute atomic E-state index is 0.00102. The maximum absolute atomic E-state index is 12.4. The molecule has 0 saturated heterocycles. The van der Waals surface area contributed by atoms with Crippen molar-refractivity contribution in [3.05, 3.63) is 62.7 Å². The van der Waals surface area contributed by atoms with Crippen LogP contribution >= 0.6 is 11.6 Å². The summed E-state index contributed by atoms with van der Waals surface area (Å²) < 4.78 is 30.4. The Kier molecular flexibility index (Phi) is 4.83. The van der Waals surface area contributed by atoms with Crippen molar-refractivity contribution in [1.82, 2.24) is 0 Å². The van der Waals surface area contributed by atoms with Crippen molar-refractivity contribution >= 4 is 39.0 Å². The molecule has 27 heavy (non-hydrogen) atoms. The molecule has 0 fully saturated rings. The molecule has 10 heteroatoms. The molecule has 0 spiro atoms. The zero-order chi connectivity index (χ0) is 19.9. The van der Waals surface area contributed by atoms with Gasteiger partial charge in [-0.1, -0.05) is 11.6 Å². The molecule has 1 unspecified atom stereocenters. The van der Waals surface area contributed by atoms with Crippen LogP contribution in [0.1, 0.15) is 22.8 Å². The highest BCUT2D eigenvalue weighted by molar-refractivity contribution is 7.92. The molecule has 142 valence electrons. The average Bonchev–Trinajstić information content (AvgIpc) is 2.91. The highest BCUT2D eigenvalue weighted by Gasteiger charge is 2.33. The Balaban J connectivity index is 1.86. The van der Waals surface area contributed by atoms with Crippen LogP contribution in [0.2, 0.25) is 5.02 Å². The first-order valence-corrected chi connectivity index (χ1v) is 10.1. The zero-order valence-corrected chi connectivity index (χ0v) is 16.0. The number of carbonyl (C=O) groups is 1. The first-order chi connectivity index (χ1) is 12.6. The van der Waals surface area contributed by atoms with Crippen molar-refractivity contribution in [2.24, 2.45) is 0 Å². The van der Waals surface area contributed by atoms with Gasteiger partial charge in [-0.3, -0.25) is 14.4 Å². The summed E-state index contributed by atoms with van der Waals surface area (Å²) in [7, 11) is -3.42. The monoisotopic (exact) mass is 410 g/mol. The van der Waals surface area contributed by atoms with Crippen molar-refractivity contribution < 1.29 is 22.9 Å². The van der Waals surface area contributed by atoms with Gasteiger partial charge in [0, 0.05) is 18.2 Å². The van der Waals surface area contributed by atoms with Crippen molar-refractivity contribution in [3.8, 4) is 5.75 Å². The van der Waals surface area contributed by atoms with Crippen LogP contribution in [0.5, 0.6) is 5.75 Å². The van der Waals surface area contributed by atoms with Crippen LogP contribution in [0.15, 0.2) is 36.4 Å². The zero-order valence-electron chi connectivity index (χ0n) is 14.4. The molecule has 1 atom stereocenters. The second kappa shape index (κ2) is 6.82. The Bertz CT molecular complexity index is 1050. The topological polar surface area (TPSA) is 107 Å².